The number of rotatable bonds is 5. The average molecular weight is 630 g/mol. The van der Waals surface area contributed by atoms with Gasteiger partial charge in [-0.05, 0) is 70.6 Å². The van der Waals surface area contributed by atoms with Crippen LogP contribution in [0.15, 0.2) is 128 Å². The van der Waals surface area contributed by atoms with E-state index in [9.17, 15) is 5.11 Å². The molecule has 228 valence electrons. The van der Waals surface area contributed by atoms with Crippen molar-refractivity contribution < 1.29 is 5.11 Å². The molecule has 0 atom stereocenters. The Balaban J connectivity index is 1.40. The third-order valence-corrected chi connectivity index (χ3v) is 9.52. The normalized spacial score (nSPS) is 11.8. The molecule has 0 unspecified atom stereocenters. The maximum absolute atomic E-state index is 10.9. The fourth-order valence-corrected chi connectivity index (χ4v) is 7.03. The highest BCUT2D eigenvalue weighted by molar-refractivity contribution is 7.24. The van der Waals surface area contributed by atoms with Gasteiger partial charge in [-0.3, -0.25) is 9.38 Å². The number of nitrogens with zero attached hydrogens (tertiary/aromatic N) is 5. The lowest BCUT2D eigenvalue weighted by molar-refractivity contribution is 0.477. The van der Waals surface area contributed by atoms with Crippen LogP contribution in [0.1, 0.15) is 26.3 Å². The van der Waals surface area contributed by atoms with Crippen molar-refractivity contribution in [3.8, 4) is 62.0 Å². The summed E-state index contributed by atoms with van der Waals surface area (Å²) < 4.78 is 3.10. The van der Waals surface area contributed by atoms with E-state index in [1.807, 2.05) is 72.9 Å². The smallest absolute Gasteiger partial charge is 0.217 e. The van der Waals surface area contributed by atoms with E-state index >= 15 is 0 Å². The molecule has 0 fully saturated rings. The minimum Gasteiger partial charge on any atom is -0.507 e. The van der Waals surface area contributed by atoms with E-state index in [0.29, 0.717) is 11.3 Å². The number of pyridine rings is 2. The van der Waals surface area contributed by atoms with Crippen LogP contribution in [0.2, 0.25) is 0 Å². The van der Waals surface area contributed by atoms with Gasteiger partial charge < -0.3 is 5.11 Å². The van der Waals surface area contributed by atoms with Crippen LogP contribution in [-0.4, -0.2) is 29.7 Å². The van der Waals surface area contributed by atoms with Gasteiger partial charge in [0.15, 0.2) is 5.82 Å². The standard InChI is InChI=1S/C40H31N5OS/c1-40(2,3)30-21-28(32-23-27(18-19-41-32)25-12-6-4-7-13-25)20-29(22-30)36-37-34(24-33(42-36)31-16-10-11-17-35(31)46)45-38(43-44-39(45)47-37)26-14-8-5-9-15-26/h4-24,46H,1-3H3. The summed E-state index contributed by atoms with van der Waals surface area (Å²) in [4.78, 5) is 10.9. The lowest BCUT2D eigenvalue weighted by atomic mass is 9.84. The molecule has 0 amide bonds. The van der Waals surface area contributed by atoms with Crippen molar-refractivity contribution in [3.63, 3.8) is 0 Å². The first-order valence-corrected chi connectivity index (χ1v) is 16.4. The molecule has 0 radical (unpaired) electrons. The maximum Gasteiger partial charge on any atom is 0.217 e. The van der Waals surface area contributed by atoms with Gasteiger partial charge in [-0.15, -0.1) is 10.2 Å². The van der Waals surface area contributed by atoms with E-state index in [-0.39, 0.29) is 11.2 Å². The van der Waals surface area contributed by atoms with Crippen molar-refractivity contribution in [1.82, 2.24) is 24.6 Å². The molecule has 4 aromatic heterocycles. The zero-order valence-corrected chi connectivity index (χ0v) is 27.0. The molecule has 47 heavy (non-hydrogen) atoms. The van der Waals surface area contributed by atoms with Crippen LogP contribution in [0.3, 0.4) is 0 Å². The number of hydrogen-bond donors (Lipinski definition) is 1. The quantitative estimate of drug-likeness (QED) is 0.205. The Morgan fingerprint density at radius 1 is 0.638 bits per heavy atom. The number of hydrogen-bond acceptors (Lipinski definition) is 6. The molecule has 0 bridgehead atoms. The molecule has 0 saturated heterocycles. The van der Waals surface area contributed by atoms with Crippen molar-refractivity contribution in [1.29, 1.82) is 0 Å². The van der Waals surface area contributed by atoms with E-state index in [1.54, 1.807) is 17.4 Å². The second kappa shape index (κ2) is 11.3. The number of fused-ring (bicyclic) bond motifs is 3. The summed E-state index contributed by atoms with van der Waals surface area (Å²) >= 11 is 1.57. The summed E-state index contributed by atoms with van der Waals surface area (Å²) in [6, 6.07) is 40.7. The minimum atomic E-state index is -0.134. The van der Waals surface area contributed by atoms with Gasteiger partial charge in [0, 0.05) is 28.5 Å². The molecule has 8 aromatic rings. The lowest BCUT2D eigenvalue weighted by Gasteiger charge is -2.22. The molecule has 0 saturated carbocycles. The van der Waals surface area contributed by atoms with Crippen molar-refractivity contribution in [2.24, 2.45) is 0 Å². The summed E-state index contributed by atoms with van der Waals surface area (Å²) in [5, 5.41) is 20.1. The Hall–Kier alpha value is -5.66. The predicted molar refractivity (Wildman–Crippen MR) is 192 cm³/mol. The summed E-state index contributed by atoms with van der Waals surface area (Å²) in [7, 11) is 0. The predicted octanol–water partition coefficient (Wildman–Crippen LogP) is 10.1. The highest BCUT2D eigenvalue weighted by atomic mass is 32.1. The second-order valence-corrected chi connectivity index (χ2v) is 13.7. The van der Waals surface area contributed by atoms with Gasteiger partial charge in [0.2, 0.25) is 4.96 Å². The van der Waals surface area contributed by atoms with Crippen LogP contribution in [0, 0.1) is 0 Å². The third-order valence-electron chi connectivity index (χ3n) is 8.47. The Kier molecular flexibility index (Phi) is 6.92. The zero-order valence-electron chi connectivity index (χ0n) is 26.2. The largest absolute Gasteiger partial charge is 0.507 e. The summed E-state index contributed by atoms with van der Waals surface area (Å²) in [6.07, 6.45) is 1.88. The molecule has 0 aliphatic heterocycles. The zero-order chi connectivity index (χ0) is 32.1. The van der Waals surface area contributed by atoms with Crippen LogP contribution in [-0.2, 0) is 5.41 Å². The molecule has 0 aliphatic carbocycles. The van der Waals surface area contributed by atoms with Crippen LogP contribution in [0.25, 0.3) is 71.5 Å². The summed E-state index contributed by atoms with van der Waals surface area (Å²) in [6.45, 7) is 6.67. The van der Waals surface area contributed by atoms with Crippen LogP contribution < -0.4 is 0 Å². The van der Waals surface area contributed by atoms with E-state index in [4.69, 9.17) is 9.97 Å². The van der Waals surface area contributed by atoms with Crippen LogP contribution in [0.5, 0.6) is 5.75 Å². The Labute approximate surface area is 276 Å². The van der Waals surface area contributed by atoms with Gasteiger partial charge in [0.25, 0.3) is 0 Å². The Morgan fingerprint density at radius 3 is 2.09 bits per heavy atom. The first-order valence-electron chi connectivity index (χ1n) is 15.5. The molecule has 4 aromatic carbocycles. The minimum absolute atomic E-state index is 0.134. The molecular weight excluding hydrogens is 599 g/mol. The summed E-state index contributed by atoms with van der Waals surface area (Å²) in [5.74, 6) is 0.938. The number of aromatic hydroxyl groups is 1. The topological polar surface area (TPSA) is 76.2 Å². The van der Waals surface area contributed by atoms with E-state index < -0.39 is 0 Å². The lowest BCUT2D eigenvalue weighted by Crippen LogP contribution is -2.11. The number of phenolic OH excluding ortho intramolecular Hbond substituents is 1. The number of phenols is 1. The van der Waals surface area contributed by atoms with Gasteiger partial charge in [0.1, 0.15) is 5.75 Å². The molecule has 8 rings (SSSR count). The van der Waals surface area contributed by atoms with Crippen molar-refractivity contribution in [2.75, 3.05) is 0 Å². The van der Waals surface area contributed by atoms with Crippen molar-refractivity contribution >= 4 is 26.5 Å². The first-order chi connectivity index (χ1) is 22.8. The van der Waals surface area contributed by atoms with Gasteiger partial charge in [-0.1, -0.05) is 105 Å². The van der Waals surface area contributed by atoms with Crippen LogP contribution in [0.4, 0.5) is 0 Å². The SMILES string of the molecule is CC(C)(C)c1cc(-c2cc(-c3ccccc3)ccn2)cc(-c2nc(-c3ccccc3O)cc3c2sc2nnc(-c4ccccc4)n23)c1. The molecule has 7 heteroatoms. The summed E-state index contributed by atoms with van der Waals surface area (Å²) in [5.41, 5.74) is 10.2. The first kappa shape index (κ1) is 28.8. The highest BCUT2D eigenvalue weighted by Crippen LogP contribution is 2.42. The van der Waals surface area contributed by atoms with E-state index in [2.05, 4.69) is 83.9 Å². The van der Waals surface area contributed by atoms with Gasteiger partial charge in [0.05, 0.1) is 27.3 Å². The highest BCUT2D eigenvalue weighted by Gasteiger charge is 2.23. The van der Waals surface area contributed by atoms with E-state index in [1.165, 1.54) is 5.56 Å². The van der Waals surface area contributed by atoms with Crippen molar-refractivity contribution in [3.05, 3.63) is 133 Å². The van der Waals surface area contributed by atoms with Crippen LogP contribution >= 0.6 is 11.3 Å². The van der Waals surface area contributed by atoms with Gasteiger partial charge in [-0.25, -0.2) is 4.98 Å². The maximum atomic E-state index is 10.9. The molecule has 4 heterocycles. The number of aromatic nitrogens is 5. The monoisotopic (exact) mass is 629 g/mol. The molecule has 0 spiro atoms. The molecule has 6 nitrogen and oxygen atoms in total. The fourth-order valence-electron chi connectivity index (χ4n) is 5.97. The van der Waals surface area contributed by atoms with Gasteiger partial charge >= 0.3 is 0 Å². The van der Waals surface area contributed by atoms with Gasteiger partial charge in [-0.2, -0.15) is 0 Å². The number of para-hydroxylation sites is 1. The second-order valence-electron chi connectivity index (χ2n) is 12.7. The molecular formula is C40H31N5OS. The van der Waals surface area contributed by atoms with Crippen molar-refractivity contribution in [2.45, 2.75) is 26.2 Å². The van der Waals surface area contributed by atoms with E-state index in [0.717, 1.165) is 60.2 Å². The fraction of sp³-hybridized carbons (Fsp3) is 0.100. The Morgan fingerprint density at radius 2 is 1.34 bits per heavy atom. The Bertz CT molecular complexity index is 2410. The molecule has 0 aliphatic rings. The number of thiazole rings is 1. The molecule has 1 N–H and O–H groups in total. The third kappa shape index (κ3) is 5.24. The average Bonchev–Trinajstić information content (AvgIpc) is 3.68. The number of benzene rings is 4.